The van der Waals surface area contributed by atoms with Crippen LogP contribution in [0.15, 0.2) is 36.4 Å². The third-order valence-corrected chi connectivity index (χ3v) is 3.03. The van der Waals surface area contributed by atoms with E-state index in [2.05, 4.69) is 6.58 Å². The zero-order valence-corrected chi connectivity index (χ0v) is 11.4. The first-order valence-electron chi connectivity index (χ1n) is 5.81. The maximum absolute atomic E-state index is 11.7. The van der Waals surface area contributed by atoms with E-state index in [9.17, 15) is 4.79 Å². The molecule has 0 aliphatic rings. The second kappa shape index (κ2) is 6.57. The number of hydrogen-bond acceptors (Lipinski definition) is 3. The van der Waals surface area contributed by atoms with E-state index in [1.54, 1.807) is 13.0 Å². The van der Waals surface area contributed by atoms with E-state index in [1.807, 2.05) is 25.1 Å². The van der Waals surface area contributed by atoms with Crippen LogP contribution in [-0.2, 0) is 9.53 Å². The average Bonchev–Trinajstić information content (AvgIpc) is 2.31. The largest absolute Gasteiger partial charge is 0.465 e. The monoisotopic (exact) mass is 267 g/mol. The number of hydrogen-bond donors (Lipinski definition) is 1. The molecule has 0 aliphatic heterocycles. The Morgan fingerprint density at radius 2 is 2.11 bits per heavy atom. The van der Waals surface area contributed by atoms with Crippen LogP contribution in [-0.4, -0.2) is 18.6 Å². The lowest BCUT2D eigenvalue weighted by Crippen LogP contribution is -2.38. The molecule has 4 heteroatoms. The van der Waals surface area contributed by atoms with Gasteiger partial charge in [0, 0.05) is 10.9 Å². The summed E-state index contributed by atoms with van der Waals surface area (Å²) in [6, 6.07) is 6.51. The molecule has 18 heavy (non-hydrogen) atoms. The van der Waals surface area contributed by atoms with Crippen molar-refractivity contribution in [2.75, 3.05) is 6.61 Å². The summed E-state index contributed by atoms with van der Waals surface area (Å²) in [6.07, 6.45) is 0. The number of esters is 1. The van der Waals surface area contributed by atoms with E-state index >= 15 is 0 Å². The van der Waals surface area contributed by atoms with Gasteiger partial charge in [-0.1, -0.05) is 42.0 Å². The van der Waals surface area contributed by atoms with Crippen molar-refractivity contribution in [2.24, 2.45) is 5.73 Å². The summed E-state index contributed by atoms with van der Waals surface area (Å²) in [7, 11) is 0. The highest BCUT2D eigenvalue weighted by Gasteiger charge is 2.29. The van der Waals surface area contributed by atoms with Gasteiger partial charge in [0.2, 0.25) is 0 Å². The Hall–Kier alpha value is -1.32. The molecule has 2 atom stereocenters. The molecular formula is C14H18ClNO2. The number of ether oxygens (including phenoxy) is 1. The summed E-state index contributed by atoms with van der Waals surface area (Å²) in [5, 5.41) is 0.574. The molecule has 1 aromatic carbocycles. The maximum Gasteiger partial charge on any atom is 0.323 e. The first-order valence-corrected chi connectivity index (χ1v) is 6.18. The molecule has 0 aromatic heterocycles. The van der Waals surface area contributed by atoms with Crippen molar-refractivity contribution in [3.8, 4) is 0 Å². The van der Waals surface area contributed by atoms with Crippen LogP contribution in [0.4, 0.5) is 0 Å². The second-order valence-electron chi connectivity index (χ2n) is 4.12. The highest BCUT2D eigenvalue weighted by molar-refractivity contribution is 6.31. The van der Waals surface area contributed by atoms with Gasteiger partial charge in [0.05, 0.1) is 6.61 Å². The zero-order chi connectivity index (χ0) is 13.7. The summed E-state index contributed by atoms with van der Waals surface area (Å²) in [5.74, 6) is -0.775. The lowest BCUT2D eigenvalue weighted by atomic mass is 9.86. The summed E-state index contributed by atoms with van der Waals surface area (Å²) in [6.45, 7) is 7.77. The summed E-state index contributed by atoms with van der Waals surface area (Å²) in [5.41, 5.74) is 7.53. The Kier molecular flexibility index (Phi) is 5.38. The highest BCUT2D eigenvalue weighted by Crippen LogP contribution is 2.31. The van der Waals surface area contributed by atoms with Gasteiger partial charge in [0.1, 0.15) is 6.04 Å². The van der Waals surface area contributed by atoms with E-state index in [0.717, 1.165) is 11.1 Å². The molecule has 0 bridgehead atoms. The average molecular weight is 268 g/mol. The van der Waals surface area contributed by atoms with Crippen molar-refractivity contribution in [2.45, 2.75) is 25.8 Å². The molecule has 1 rings (SSSR count). The topological polar surface area (TPSA) is 52.3 Å². The first-order chi connectivity index (χ1) is 8.49. The van der Waals surface area contributed by atoms with Crippen LogP contribution in [0.2, 0.25) is 5.02 Å². The van der Waals surface area contributed by atoms with Crippen LogP contribution in [0.3, 0.4) is 0 Å². The quantitative estimate of drug-likeness (QED) is 0.659. The SMILES string of the molecule is C=C(C)C(c1ccccc1Cl)C(N)C(=O)OCC. The van der Waals surface area contributed by atoms with Crippen LogP contribution >= 0.6 is 11.6 Å². The molecule has 0 radical (unpaired) electrons. The number of nitrogens with two attached hydrogens (primary N) is 1. The zero-order valence-electron chi connectivity index (χ0n) is 10.7. The van der Waals surface area contributed by atoms with Gasteiger partial charge in [-0.3, -0.25) is 4.79 Å². The fourth-order valence-electron chi connectivity index (χ4n) is 1.87. The van der Waals surface area contributed by atoms with E-state index < -0.39 is 12.0 Å². The molecule has 0 saturated carbocycles. The lowest BCUT2D eigenvalue weighted by Gasteiger charge is -2.24. The van der Waals surface area contributed by atoms with Crippen molar-refractivity contribution in [3.63, 3.8) is 0 Å². The van der Waals surface area contributed by atoms with E-state index in [1.165, 1.54) is 0 Å². The van der Waals surface area contributed by atoms with Gasteiger partial charge in [-0.2, -0.15) is 0 Å². The van der Waals surface area contributed by atoms with Gasteiger partial charge in [-0.15, -0.1) is 0 Å². The second-order valence-corrected chi connectivity index (χ2v) is 4.53. The Morgan fingerprint density at radius 1 is 1.50 bits per heavy atom. The molecule has 3 nitrogen and oxygen atoms in total. The number of benzene rings is 1. The first kappa shape index (κ1) is 14.7. The minimum absolute atomic E-state index is 0.304. The standard InChI is InChI=1S/C14H18ClNO2/c1-4-18-14(17)13(16)12(9(2)3)10-7-5-6-8-11(10)15/h5-8,12-13H,2,4,16H2,1,3H3. The Bertz CT molecular complexity index is 445. The van der Waals surface area contributed by atoms with Crippen molar-refractivity contribution in [3.05, 3.63) is 47.0 Å². The summed E-state index contributed by atoms with van der Waals surface area (Å²) < 4.78 is 4.95. The normalized spacial score (nSPS) is 13.8. The number of rotatable bonds is 5. The molecule has 2 N–H and O–H groups in total. The van der Waals surface area contributed by atoms with Gasteiger partial charge in [-0.05, 0) is 25.5 Å². The van der Waals surface area contributed by atoms with Gasteiger partial charge in [0.25, 0.3) is 0 Å². The van der Waals surface area contributed by atoms with Crippen LogP contribution < -0.4 is 5.73 Å². The number of carbonyl (C=O) groups excluding carboxylic acids is 1. The maximum atomic E-state index is 11.7. The predicted octanol–water partition coefficient (Wildman–Crippen LogP) is 2.89. The van der Waals surface area contributed by atoms with Crippen molar-refractivity contribution < 1.29 is 9.53 Å². The van der Waals surface area contributed by atoms with Gasteiger partial charge in [0.15, 0.2) is 0 Å². The summed E-state index contributed by atoms with van der Waals surface area (Å²) >= 11 is 6.14. The van der Waals surface area contributed by atoms with Crippen molar-refractivity contribution in [1.82, 2.24) is 0 Å². The molecule has 2 unspecified atom stereocenters. The van der Waals surface area contributed by atoms with Gasteiger partial charge in [-0.25, -0.2) is 0 Å². The Labute approximate surface area is 113 Å². The Morgan fingerprint density at radius 3 is 2.61 bits per heavy atom. The predicted molar refractivity (Wildman–Crippen MR) is 73.6 cm³/mol. The molecule has 0 heterocycles. The summed E-state index contributed by atoms with van der Waals surface area (Å²) in [4.78, 5) is 11.7. The van der Waals surface area contributed by atoms with Gasteiger partial charge >= 0.3 is 5.97 Å². The van der Waals surface area contributed by atoms with Crippen molar-refractivity contribution in [1.29, 1.82) is 0 Å². The van der Waals surface area contributed by atoms with Crippen LogP contribution in [0.5, 0.6) is 0 Å². The van der Waals surface area contributed by atoms with E-state index in [0.29, 0.717) is 11.6 Å². The molecule has 98 valence electrons. The number of halogens is 1. The smallest absolute Gasteiger partial charge is 0.323 e. The minimum Gasteiger partial charge on any atom is -0.465 e. The third-order valence-electron chi connectivity index (χ3n) is 2.69. The Balaban J connectivity index is 3.08. The minimum atomic E-state index is -0.789. The molecule has 0 spiro atoms. The molecule has 0 aliphatic carbocycles. The molecule has 0 fully saturated rings. The van der Waals surface area contributed by atoms with Crippen molar-refractivity contribution >= 4 is 17.6 Å². The van der Waals surface area contributed by atoms with Crippen LogP contribution in [0.1, 0.15) is 25.3 Å². The third kappa shape index (κ3) is 3.34. The van der Waals surface area contributed by atoms with Crippen LogP contribution in [0, 0.1) is 0 Å². The lowest BCUT2D eigenvalue weighted by molar-refractivity contribution is -0.145. The highest BCUT2D eigenvalue weighted by atomic mass is 35.5. The molecule has 0 saturated heterocycles. The van der Waals surface area contributed by atoms with E-state index in [-0.39, 0.29) is 5.92 Å². The molecular weight excluding hydrogens is 250 g/mol. The fourth-order valence-corrected chi connectivity index (χ4v) is 2.12. The van der Waals surface area contributed by atoms with E-state index in [4.69, 9.17) is 22.1 Å². The fraction of sp³-hybridized carbons (Fsp3) is 0.357. The van der Waals surface area contributed by atoms with Crippen LogP contribution in [0.25, 0.3) is 0 Å². The number of carbonyl (C=O) groups is 1. The van der Waals surface area contributed by atoms with Gasteiger partial charge < -0.3 is 10.5 Å². The molecule has 0 amide bonds. The molecule has 1 aromatic rings.